The number of carbonyl (C=O) groups is 3. The smallest absolute Gasteiger partial charge is 0.308 e. The van der Waals surface area contributed by atoms with Crippen molar-refractivity contribution in [2.24, 2.45) is 11.8 Å². The minimum Gasteiger partial charge on any atom is -0.481 e. The van der Waals surface area contributed by atoms with E-state index in [1.165, 1.54) is 0 Å². The lowest BCUT2D eigenvalue weighted by Crippen LogP contribution is -2.36. The molecule has 6 heteroatoms. The summed E-state index contributed by atoms with van der Waals surface area (Å²) >= 11 is 0. The molecule has 0 radical (unpaired) electrons. The maximum absolute atomic E-state index is 12.7. The van der Waals surface area contributed by atoms with E-state index in [4.69, 9.17) is 5.11 Å². The number of anilines is 1. The minimum absolute atomic E-state index is 0.0395. The summed E-state index contributed by atoms with van der Waals surface area (Å²) in [5.74, 6) is -1.87. The molecule has 0 spiro atoms. The molecule has 6 nitrogen and oxygen atoms in total. The summed E-state index contributed by atoms with van der Waals surface area (Å²) in [6, 6.07) is 4.09. The van der Waals surface area contributed by atoms with Gasteiger partial charge in [-0.05, 0) is 38.3 Å². The van der Waals surface area contributed by atoms with Crippen molar-refractivity contribution in [3.8, 4) is 0 Å². The molecule has 1 aromatic rings. The Labute approximate surface area is 147 Å². The number of benzene rings is 1. The van der Waals surface area contributed by atoms with Crippen LogP contribution in [0.5, 0.6) is 0 Å². The summed E-state index contributed by atoms with van der Waals surface area (Å²) in [6.07, 6.45) is 0.682. The molecule has 0 bridgehead atoms. The molecule has 0 aromatic heterocycles. The molecule has 2 atom stereocenters. The second-order valence-corrected chi connectivity index (χ2v) is 7.26. The largest absolute Gasteiger partial charge is 0.481 e. The average Bonchev–Trinajstić information content (AvgIpc) is 3.13. The second kappa shape index (κ2) is 6.50. The third-order valence-electron chi connectivity index (χ3n) is 5.23. The zero-order chi connectivity index (χ0) is 18.3. The summed E-state index contributed by atoms with van der Waals surface area (Å²) in [5.41, 5.74) is 4.11. The fourth-order valence-corrected chi connectivity index (χ4v) is 4.11. The fraction of sp³-hybridized carbons (Fsp3) is 0.526. The number of carbonyl (C=O) groups excluding carboxylic acids is 2. The van der Waals surface area contributed by atoms with Gasteiger partial charge < -0.3 is 14.9 Å². The number of amides is 2. The van der Waals surface area contributed by atoms with Crippen LogP contribution in [-0.4, -0.2) is 47.4 Å². The highest BCUT2D eigenvalue weighted by Crippen LogP contribution is 2.33. The number of rotatable bonds is 3. The maximum atomic E-state index is 12.7. The molecular weight excluding hydrogens is 320 g/mol. The van der Waals surface area contributed by atoms with Crippen molar-refractivity contribution in [2.75, 3.05) is 24.5 Å². The Kier molecular flexibility index (Phi) is 4.54. The van der Waals surface area contributed by atoms with Crippen molar-refractivity contribution in [1.82, 2.24) is 4.90 Å². The molecule has 1 aromatic carbocycles. The van der Waals surface area contributed by atoms with Gasteiger partial charge in [-0.25, -0.2) is 0 Å². The first kappa shape index (κ1) is 17.5. The number of carboxylic acid groups (broad SMARTS) is 1. The van der Waals surface area contributed by atoms with E-state index in [0.717, 1.165) is 22.4 Å². The summed E-state index contributed by atoms with van der Waals surface area (Å²) < 4.78 is 0. The van der Waals surface area contributed by atoms with Gasteiger partial charge in [0.25, 0.3) is 0 Å². The van der Waals surface area contributed by atoms with E-state index in [1.54, 1.807) is 9.80 Å². The van der Waals surface area contributed by atoms with Gasteiger partial charge in [-0.1, -0.05) is 17.7 Å². The minimum atomic E-state index is -0.856. The number of nitrogens with zero attached hydrogens (tertiary/aromatic N) is 2. The lowest BCUT2D eigenvalue weighted by atomic mass is 10.0. The van der Waals surface area contributed by atoms with Gasteiger partial charge in [-0.15, -0.1) is 0 Å². The monoisotopic (exact) mass is 344 g/mol. The van der Waals surface area contributed by atoms with E-state index in [0.29, 0.717) is 19.5 Å². The van der Waals surface area contributed by atoms with Crippen LogP contribution in [-0.2, 0) is 14.4 Å². The molecule has 0 saturated carbocycles. The molecule has 134 valence electrons. The third-order valence-corrected chi connectivity index (χ3v) is 5.23. The lowest BCUT2D eigenvalue weighted by molar-refractivity contribution is -0.141. The van der Waals surface area contributed by atoms with E-state index in [2.05, 4.69) is 0 Å². The van der Waals surface area contributed by atoms with Gasteiger partial charge in [0.05, 0.1) is 11.8 Å². The van der Waals surface area contributed by atoms with Crippen LogP contribution >= 0.6 is 0 Å². The SMILES string of the molecule is Cc1cc(C)c(N2CC(C(=O)N3CCC(C(=O)O)C3)CC2=O)c(C)c1. The van der Waals surface area contributed by atoms with Crippen LogP contribution in [0, 0.1) is 32.6 Å². The van der Waals surface area contributed by atoms with E-state index < -0.39 is 11.9 Å². The van der Waals surface area contributed by atoms with E-state index in [-0.39, 0.29) is 30.7 Å². The standard InChI is InChI=1S/C19H24N2O4/c1-11-6-12(2)17(13(3)7-11)21-10-15(8-16(21)22)18(23)20-5-4-14(9-20)19(24)25/h6-7,14-15H,4-5,8-10H2,1-3H3,(H,24,25). The molecule has 2 fully saturated rings. The maximum Gasteiger partial charge on any atom is 0.308 e. The zero-order valence-corrected chi connectivity index (χ0v) is 14.9. The summed E-state index contributed by atoms with van der Waals surface area (Å²) in [7, 11) is 0. The fourth-order valence-electron chi connectivity index (χ4n) is 4.11. The number of hydrogen-bond acceptors (Lipinski definition) is 3. The highest BCUT2D eigenvalue weighted by atomic mass is 16.4. The Hall–Kier alpha value is -2.37. The number of likely N-dealkylation sites (tertiary alicyclic amines) is 1. The second-order valence-electron chi connectivity index (χ2n) is 7.26. The molecule has 2 unspecified atom stereocenters. The van der Waals surface area contributed by atoms with Crippen molar-refractivity contribution >= 4 is 23.5 Å². The van der Waals surface area contributed by atoms with Gasteiger partial charge >= 0.3 is 5.97 Å². The van der Waals surface area contributed by atoms with Crippen LogP contribution in [0.25, 0.3) is 0 Å². The normalized spacial score (nSPS) is 23.4. The van der Waals surface area contributed by atoms with Crippen molar-refractivity contribution < 1.29 is 19.5 Å². The molecule has 2 saturated heterocycles. The predicted octanol–water partition coefficient (Wildman–Crippen LogP) is 1.90. The quantitative estimate of drug-likeness (QED) is 0.908. The van der Waals surface area contributed by atoms with Gasteiger partial charge in [0.2, 0.25) is 11.8 Å². The van der Waals surface area contributed by atoms with Crippen LogP contribution < -0.4 is 4.90 Å². The van der Waals surface area contributed by atoms with Gasteiger partial charge in [0.15, 0.2) is 0 Å². The Morgan fingerprint density at radius 1 is 1.08 bits per heavy atom. The molecular formula is C19H24N2O4. The van der Waals surface area contributed by atoms with Crippen molar-refractivity contribution in [3.63, 3.8) is 0 Å². The zero-order valence-electron chi connectivity index (χ0n) is 14.9. The molecule has 0 aliphatic carbocycles. The predicted molar refractivity (Wildman–Crippen MR) is 93.4 cm³/mol. The van der Waals surface area contributed by atoms with Crippen LogP contribution in [0.3, 0.4) is 0 Å². The van der Waals surface area contributed by atoms with Gasteiger partial charge in [-0.3, -0.25) is 14.4 Å². The average molecular weight is 344 g/mol. The lowest BCUT2D eigenvalue weighted by Gasteiger charge is -2.23. The Balaban J connectivity index is 1.75. The highest BCUT2D eigenvalue weighted by Gasteiger charge is 2.40. The van der Waals surface area contributed by atoms with Crippen LogP contribution in [0.4, 0.5) is 5.69 Å². The molecule has 25 heavy (non-hydrogen) atoms. The summed E-state index contributed by atoms with van der Waals surface area (Å²) in [6.45, 7) is 7.07. The van der Waals surface area contributed by atoms with E-state index in [1.807, 2.05) is 32.9 Å². The summed E-state index contributed by atoms with van der Waals surface area (Å²) in [4.78, 5) is 39.7. The molecule has 2 heterocycles. The van der Waals surface area contributed by atoms with Crippen LogP contribution in [0.2, 0.25) is 0 Å². The number of carboxylic acids is 1. The van der Waals surface area contributed by atoms with Crippen LogP contribution in [0.1, 0.15) is 29.5 Å². The number of hydrogen-bond donors (Lipinski definition) is 1. The van der Waals surface area contributed by atoms with Gasteiger partial charge in [0.1, 0.15) is 0 Å². The topological polar surface area (TPSA) is 77.9 Å². The molecule has 2 amide bonds. The molecule has 2 aliphatic rings. The van der Waals surface area contributed by atoms with Crippen molar-refractivity contribution in [2.45, 2.75) is 33.6 Å². The first-order chi connectivity index (χ1) is 11.8. The van der Waals surface area contributed by atoms with E-state index >= 15 is 0 Å². The van der Waals surface area contributed by atoms with Crippen molar-refractivity contribution in [3.05, 3.63) is 28.8 Å². The Bertz CT molecular complexity index is 720. The van der Waals surface area contributed by atoms with Crippen LogP contribution in [0.15, 0.2) is 12.1 Å². The highest BCUT2D eigenvalue weighted by molar-refractivity contribution is 6.01. The van der Waals surface area contributed by atoms with Gasteiger partial charge in [0, 0.05) is 31.7 Å². The molecule has 3 rings (SSSR count). The van der Waals surface area contributed by atoms with E-state index in [9.17, 15) is 14.4 Å². The van der Waals surface area contributed by atoms with Crippen molar-refractivity contribution in [1.29, 1.82) is 0 Å². The number of aryl methyl sites for hydroxylation is 3. The Morgan fingerprint density at radius 3 is 2.28 bits per heavy atom. The number of aliphatic carboxylic acids is 1. The Morgan fingerprint density at radius 2 is 1.72 bits per heavy atom. The molecule has 2 aliphatic heterocycles. The summed E-state index contributed by atoms with van der Waals surface area (Å²) in [5, 5.41) is 9.09. The third kappa shape index (κ3) is 3.25. The van der Waals surface area contributed by atoms with Gasteiger partial charge in [-0.2, -0.15) is 0 Å². The molecule has 1 N–H and O–H groups in total. The first-order valence-corrected chi connectivity index (χ1v) is 8.67. The first-order valence-electron chi connectivity index (χ1n) is 8.67.